The normalized spacial score (nSPS) is 12.4. The van der Waals surface area contributed by atoms with Crippen LogP contribution in [0.15, 0.2) is 23.1 Å². The van der Waals surface area contributed by atoms with E-state index < -0.39 is 0 Å². The van der Waals surface area contributed by atoms with E-state index in [1.165, 1.54) is 6.33 Å². The van der Waals surface area contributed by atoms with Gasteiger partial charge in [0.05, 0.1) is 35.2 Å². The Bertz CT molecular complexity index is 586. The predicted octanol–water partition coefficient (Wildman–Crippen LogP) is 2.55. The average Bonchev–Trinajstić information content (AvgIpc) is 2.89. The van der Waals surface area contributed by atoms with Crippen molar-refractivity contribution in [2.24, 2.45) is 0 Å². The fourth-order valence-electron chi connectivity index (χ4n) is 2.16. The number of nitrogens with one attached hydrogen (secondary N) is 1. The molecule has 7 heteroatoms. The van der Waals surface area contributed by atoms with Crippen LogP contribution in [0.2, 0.25) is 0 Å². The second-order valence-corrected chi connectivity index (χ2v) is 5.42. The standard InChI is InChI=1S/C14H20BrN5O/c1-4-6-16-13(11-7-12(21-3)18-9-17-11)14-10(15)8-19-20(14)5-2/h7-9,13,16H,4-6H2,1-3H3. The molecule has 0 aliphatic carbocycles. The monoisotopic (exact) mass is 353 g/mol. The summed E-state index contributed by atoms with van der Waals surface area (Å²) in [4.78, 5) is 8.47. The highest BCUT2D eigenvalue weighted by Crippen LogP contribution is 2.28. The van der Waals surface area contributed by atoms with Crippen LogP contribution in [0.4, 0.5) is 0 Å². The molecule has 2 aromatic rings. The van der Waals surface area contributed by atoms with Crippen LogP contribution in [0.25, 0.3) is 0 Å². The van der Waals surface area contributed by atoms with E-state index in [4.69, 9.17) is 4.74 Å². The summed E-state index contributed by atoms with van der Waals surface area (Å²) in [6.45, 7) is 5.89. The molecule has 0 spiro atoms. The van der Waals surface area contributed by atoms with Crippen molar-refractivity contribution in [3.05, 3.63) is 34.5 Å². The van der Waals surface area contributed by atoms with Gasteiger partial charge in [0.2, 0.25) is 5.88 Å². The lowest BCUT2D eigenvalue weighted by atomic mass is 10.1. The van der Waals surface area contributed by atoms with E-state index in [1.54, 1.807) is 7.11 Å². The van der Waals surface area contributed by atoms with Gasteiger partial charge in [-0.2, -0.15) is 5.10 Å². The fourth-order valence-corrected chi connectivity index (χ4v) is 2.69. The van der Waals surface area contributed by atoms with Crippen LogP contribution < -0.4 is 10.1 Å². The summed E-state index contributed by atoms with van der Waals surface area (Å²) >= 11 is 3.59. The van der Waals surface area contributed by atoms with Crippen molar-refractivity contribution in [2.75, 3.05) is 13.7 Å². The van der Waals surface area contributed by atoms with Crippen molar-refractivity contribution in [3.8, 4) is 5.88 Å². The molecule has 0 bridgehead atoms. The van der Waals surface area contributed by atoms with Gasteiger partial charge in [0.1, 0.15) is 6.33 Å². The number of ether oxygens (including phenoxy) is 1. The Morgan fingerprint density at radius 1 is 1.38 bits per heavy atom. The van der Waals surface area contributed by atoms with Gasteiger partial charge in [-0.05, 0) is 35.8 Å². The van der Waals surface area contributed by atoms with Crippen LogP contribution >= 0.6 is 15.9 Å². The van der Waals surface area contributed by atoms with Crippen LogP contribution in [0.1, 0.15) is 37.7 Å². The molecule has 0 radical (unpaired) electrons. The molecule has 6 nitrogen and oxygen atoms in total. The number of halogens is 1. The molecule has 1 atom stereocenters. The highest BCUT2D eigenvalue weighted by molar-refractivity contribution is 9.10. The minimum absolute atomic E-state index is 0.0568. The number of rotatable bonds is 7. The van der Waals surface area contributed by atoms with Crippen molar-refractivity contribution in [1.29, 1.82) is 0 Å². The molecule has 0 aliphatic heterocycles. The second kappa shape index (κ2) is 7.51. The third-order valence-electron chi connectivity index (χ3n) is 3.17. The highest BCUT2D eigenvalue weighted by atomic mass is 79.9. The number of hydrogen-bond acceptors (Lipinski definition) is 5. The third kappa shape index (κ3) is 3.59. The number of methoxy groups -OCH3 is 1. The van der Waals surface area contributed by atoms with Gasteiger partial charge in [0.15, 0.2) is 0 Å². The first-order chi connectivity index (χ1) is 10.2. The molecule has 1 N–H and O–H groups in total. The summed E-state index contributed by atoms with van der Waals surface area (Å²) in [7, 11) is 1.60. The Morgan fingerprint density at radius 2 is 2.19 bits per heavy atom. The quantitative estimate of drug-likeness (QED) is 0.828. The molecule has 2 aromatic heterocycles. The molecule has 2 heterocycles. The maximum Gasteiger partial charge on any atom is 0.216 e. The Labute approximate surface area is 133 Å². The fraction of sp³-hybridized carbons (Fsp3) is 0.500. The molecular formula is C14H20BrN5O. The molecule has 0 fully saturated rings. The Hall–Kier alpha value is -1.47. The maximum absolute atomic E-state index is 5.20. The van der Waals surface area contributed by atoms with E-state index in [9.17, 15) is 0 Å². The SMILES string of the molecule is CCCNC(c1cc(OC)ncn1)c1c(Br)cnn1CC. The lowest BCUT2D eigenvalue weighted by Crippen LogP contribution is -2.27. The number of hydrogen-bond donors (Lipinski definition) is 1. The van der Waals surface area contributed by atoms with E-state index in [0.29, 0.717) is 5.88 Å². The molecule has 2 rings (SSSR count). The molecule has 0 saturated heterocycles. The first-order valence-electron chi connectivity index (χ1n) is 7.01. The number of aryl methyl sites for hydroxylation is 1. The Morgan fingerprint density at radius 3 is 2.86 bits per heavy atom. The summed E-state index contributed by atoms with van der Waals surface area (Å²) in [5, 5.41) is 7.90. The second-order valence-electron chi connectivity index (χ2n) is 4.57. The minimum atomic E-state index is -0.0568. The Kier molecular flexibility index (Phi) is 5.69. The van der Waals surface area contributed by atoms with Crippen molar-refractivity contribution >= 4 is 15.9 Å². The maximum atomic E-state index is 5.20. The van der Waals surface area contributed by atoms with Crippen LogP contribution in [-0.4, -0.2) is 33.4 Å². The summed E-state index contributed by atoms with van der Waals surface area (Å²) in [6, 6.07) is 1.80. The van der Waals surface area contributed by atoms with Crippen LogP contribution in [0.5, 0.6) is 5.88 Å². The largest absolute Gasteiger partial charge is 0.481 e. The van der Waals surface area contributed by atoms with Gasteiger partial charge in [0.25, 0.3) is 0 Å². The smallest absolute Gasteiger partial charge is 0.216 e. The van der Waals surface area contributed by atoms with Gasteiger partial charge in [-0.15, -0.1) is 0 Å². The van der Waals surface area contributed by atoms with Gasteiger partial charge in [-0.3, -0.25) is 4.68 Å². The summed E-state index contributed by atoms with van der Waals surface area (Å²) in [5.74, 6) is 0.557. The Balaban J connectivity index is 2.44. The lowest BCUT2D eigenvalue weighted by Gasteiger charge is -2.20. The molecule has 0 saturated carbocycles. The zero-order chi connectivity index (χ0) is 15.2. The molecule has 0 amide bonds. The first kappa shape index (κ1) is 15.9. The summed E-state index contributed by atoms with van der Waals surface area (Å²) < 4.78 is 8.13. The van der Waals surface area contributed by atoms with Crippen LogP contribution in [0.3, 0.4) is 0 Å². The van der Waals surface area contributed by atoms with Gasteiger partial charge >= 0.3 is 0 Å². The molecule has 21 heavy (non-hydrogen) atoms. The highest BCUT2D eigenvalue weighted by Gasteiger charge is 2.22. The van der Waals surface area contributed by atoms with Crippen molar-refractivity contribution in [3.63, 3.8) is 0 Å². The van der Waals surface area contributed by atoms with Gasteiger partial charge < -0.3 is 10.1 Å². The van der Waals surface area contributed by atoms with E-state index in [-0.39, 0.29) is 6.04 Å². The number of nitrogens with zero attached hydrogens (tertiary/aromatic N) is 4. The molecule has 1 unspecified atom stereocenters. The molecule has 0 aliphatic rings. The van der Waals surface area contributed by atoms with Crippen molar-refractivity contribution < 1.29 is 4.74 Å². The predicted molar refractivity (Wildman–Crippen MR) is 84.3 cm³/mol. The van der Waals surface area contributed by atoms with Gasteiger partial charge in [-0.25, -0.2) is 9.97 Å². The van der Waals surface area contributed by atoms with Gasteiger partial charge in [0, 0.05) is 12.6 Å². The number of aromatic nitrogens is 4. The van der Waals surface area contributed by atoms with Crippen molar-refractivity contribution in [2.45, 2.75) is 32.9 Å². The molecule has 0 aromatic carbocycles. The minimum Gasteiger partial charge on any atom is -0.481 e. The van der Waals surface area contributed by atoms with E-state index in [0.717, 1.165) is 35.4 Å². The first-order valence-corrected chi connectivity index (χ1v) is 7.81. The molecular weight excluding hydrogens is 334 g/mol. The van der Waals surface area contributed by atoms with Crippen LogP contribution in [-0.2, 0) is 6.54 Å². The van der Waals surface area contributed by atoms with Gasteiger partial charge in [-0.1, -0.05) is 6.92 Å². The summed E-state index contributed by atoms with van der Waals surface area (Å²) in [5.41, 5.74) is 1.93. The van der Waals surface area contributed by atoms with E-state index >= 15 is 0 Å². The van der Waals surface area contributed by atoms with Crippen LogP contribution in [0, 0.1) is 0 Å². The zero-order valence-electron chi connectivity index (χ0n) is 12.5. The topological polar surface area (TPSA) is 64.9 Å². The molecule has 114 valence electrons. The lowest BCUT2D eigenvalue weighted by molar-refractivity contribution is 0.394. The third-order valence-corrected chi connectivity index (χ3v) is 3.78. The van der Waals surface area contributed by atoms with E-state index in [2.05, 4.69) is 50.2 Å². The average molecular weight is 354 g/mol. The van der Waals surface area contributed by atoms with Crippen molar-refractivity contribution in [1.82, 2.24) is 25.1 Å². The summed E-state index contributed by atoms with van der Waals surface area (Å²) in [6.07, 6.45) is 4.38. The van der Waals surface area contributed by atoms with E-state index in [1.807, 2.05) is 16.9 Å². The zero-order valence-corrected chi connectivity index (χ0v) is 14.1.